The van der Waals surface area contributed by atoms with Crippen LogP contribution < -0.4 is 0 Å². The van der Waals surface area contributed by atoms with E-state index in [1.165, 1.54) is 128 Å². The number of rotatable bonds is 28. The fraction of sp³-hybridized carbons (Fsp3) is 0.947. The van der Waals surface area contributed by atoms with Crippen LogP contribution in [0, 0.1) is 23.7 Å². The van der Waals surface area contributed by atoms with Crippen LogP contribution in [-0.4, -0.2) is 71.9 Å². The summed E-state index contributed by atoms with van der Waals surface area (Å²) in [6.45, 7) is 22.7. The maximum atomic E-state index is 5.23. The van der Waals surface area contributed by atoms with E-state index in [4.69, 9.17) is 49.7 Å². The van der Waals surface area contributed by atoms with Gasteiger partial charge in [0.05, 0.1) is 0 Å². The Morgan fingerprint density at radius 2 is 0.556 bits per heavy atom. The number of hydrogen-bond acceptors (Lipinski definition) is 4. The second-order valence-corrected chi connectivity index (χ2v) is 17.0. The molecule has 0 spiro atoms. The predicted octanol–water partition coefficient (Wildman–Crippen LogP) is 12.3. The topological polar surface area (TPSA) is 6.48 Å². The van der Waals surface area contributed by atoms with Gasteiger partial charge in [0.25, 0.3) is 0 Å². The van der Waals surface area contributed by atoms with E-state index in [-0.39, 0.29) is 27.3 Å². The third-order valence-corrected chi connectivity index (χ3v) is 9.39. The SMILES string of the molecule is CC(C)CCCCCCN(CCCCCCC(C)C)C(=S)[S-].CC(C)CCCCCCN(CCCCCCC(C)C)C(=S)[S-].[Pb+2]. The first-order chi connectivity index (χ1) is 20.9. The van der Waals surface area contributed by atoms with Gasteiger partial charge in [0.2, 0.25) is 0 Å². The molecule has 0 fully saturated rings. The maximum Gasteiger partial charge on any atom is 2.00 e. The Kier molecular flexibility index (Phi) is 40.9. The van der Waals surface area contributed by atoms with Gasteiger partial charge in [-0.15, -0.1) is 0 Å². The zero-order valence-electron chi connectivity index (χ0n) is 31.3. The molecule has 266 valence electrons. The molecule has 0 amide bonds. The van der Waals surface area contributed by atoms with E-state index in [1.54, 1.807) is 0 Å². The molecule has 0 N–H and O–H groups in total. The molecule has 7 heteroatoms. The van der Waals surface area contributed by atoms with Crippen molar-refractivity contribution in [2.75, 3.05) is 26.2 Å². The predicted molar refractivity (Wildman–Crippen MR) is 221 cm³/mol. The summed E-state index contributed by atoms with van der Waals surface area (Å²) in [5.41, 5.74) is 0. The summed E-state index contributed by atoms with van der Waals surface area (Å²) in [6.07, 6.45) is 26.5. The van der Waals surface area contributed by atoms with Gasteiger partial charge in [-0.3, -0.25) is 0 Å². The molecule has 0 aromatic heterocycles. The molecule has 0 atom stereocenters. The van der Waals surface area contributed by atoms with Gasteiger partial charge in [-0.05, 0) is 49.4 Å². The number of hydrogen-bond donors (Lipinski definition) is 0. The van der Waals surface area contributed by atoms with Gasteiger partial charge in [0.15, 0.2) is 0 Å². The summed E-state index contributed by atoms with van der Waals surface area (Å²) in [5, 5.41) is 0. The summed E-state index contributed by atoms with van der Waals surface area (Å²) < 4.78 is 1.34. The van der Waals surface area contributed by atoms with Gasteiger partial charge in [-0.25, -0.2) is 0 Å². The summed E-state index contributed by atoms with van der Waals surface area (Å²) in [5.74, 6) is 3.36. The van der Waals surface area contributed by atoms with Crippen molar-refractivity contribution in [2.45, 2.75) is 184 Å². The Hall–Kier alpha value is 1.14. The summed E-state index contributed by atoms with van der Waals surface area (Å²) in [7, 11) is 0. The van der Waals surface area contributed by atoms with Gasteiger partial charge < -0.3 is 59.5 Å². The average molecular weight is 897 g/mol. The fourth-order valence-corrected chi connectivity index (χ4v) is 6.15. The summed E-state index contributed by atoms with van der Waals surface area (Å²) >= 11 is 20.9. The van der Waals surface area contributed by atoms with Crippen LogP contribution in [0.4, 0.5) is 0 Å². The van der Waals surface area contributed by atoms with Crippen LogP contribution in [0.5, 0.6) is 0 Å². The summed E-state index contributed by atoms with van der Waals surface area (Å²) in [4.78, 5) is 4.49. The zero-order chi connectivity index (χ0) is 33.6. The molecule has 0 saturated carbocycles. The normalized spacial score (nSPS) is 11.1. The van der Waals surface area contributed by atoms with Gasteiger partial charge in [-0.1, -0.05) is 167 Å². The molecular weight excluding hydrogens is 820 g/mol. The van der Waals surface area contributed by atoms with Crippen molar-refractivity contribution in [3.05, 3.63) is 0 Å². The number of thiocarbonyl (C=S) groups is 2. The molecule has 2 nitrogen and oxygen atoms in total. The van der Waals surface area contributed by atoms with Gasteiger partial charge in [-0.2, -0.15) is 0 Å². The van der Waals surface area contributed by atoms with E-state index in [2.05, 4.69) is 65.2 Å². The van der Waals surface area contributed by atoms with Gasteiger partial charge >= 0.3 is 27.3 Å². The first kappa shape index (κ1) is 50.5. The fourth-order valence-electron chi connectivity index (χ4n) is 5.42. The first-order valence-electron chi connectivity index (χ1n) is 18.8. The smallest absolute Gasteiger partial charge is 0.411 e. The van der Waals surface area contributed by atoms with Crippen LogP contribution in [0.1, 0.15) is 184 Å². The van der Waals surface area contributed by atoms with Crippen molar-refractivity contribution in [1.82, 2.24) is 9.80 Å². The van der Waals surface area contributed by atoms with Crippen molar-refractivity contribution in [1.29, 1.82) is 0 Å². The first-order valence-corrected chi connectivity index (χ1v) is 20.4. The molecule has 45 heavy (non-hydrogen) atoms. The van der Waals surface area contributed by atoms with Crippen LogP contribution in [0.3, 0.4) is 0 Å². The van der Waals surface area contributed by atoms with Gasteiger partial charge in [0.1, 0.15) is 0 Å². The van der Waals surface area contributed by atoms with E-state index < -0.39 is 0 Å². The minimum absolute atomic E-state index is 0. The van der Waals surface area contributed by atoms with Crippen molar-refractivity contribution in [3.8, 4) is 0 Å². The molecule has 0 saturated heterocycles. The Morgan fingerprint density at radius 1 is 0.378 bits per heavy atom. The minimum atomic E-state index is 0. The molecule has 0 unspecified atom stereocenters. The van der Waals surface area contributed by atoms with Crippen LogP contribution in [0.2, 0.25) is 0 Å². The molecular formula is C38H76N2PbS4. The molecule has 0 aliphatic carbocycles. The Morgan fingerprint density at radius 3 is 0.711 bits per heavy atom. The third-order valence-electron chi connectivity index (χ3n) is 8.35. The third kappa shape index (κ3) is 41.2. The molecule has 0 bridgehead atoms. The van der Waals surface area contributed by atoms with E-state index in [0.29, 0.717) is 8.64 Å². The quantitative estimate of drug-likeness (QED) is 0.0332. The van der Waals surface area contributed by atoms with Crippen LogP contribution in [-0.2, 0) is 25.3 Å². The summed E-state index contributed by atoms with van der Waals surface area (Å²) in [6, 6.07) is 0. The molecule has 0 aromatic rings. The molecule has 0 aliphatic rings. The standard InChI is InChI=1S/2C19H39NS2.Pb/c2*1-17(2)13-9-5-7-11-15-20(19(21)22)16-12-8-6-10-14-18(3)4;/h2*17-18H,5-16H2,1-4H3,(H,21,22);/q;;+2/p-2. The van der Waals surface area contributed by atoms with Crippen LogP contribution in [0.25, 0.3) is 0 Å². The van der Waals surface area contributed by atoms with Crippen LogP contribution >= 0.6 is 24.4 Å². The number of unbranched alkanes of at least 4 members (excludes halogenated alkanes) is 12. The molecule has 0 rings (SSSR count). The van der Waals surface area contributed by atoms with Gasteiger partial charge in [0, 0.05) is 26.2 Å². The van der Waals surface area contributed by atoms with Crippen molar-refractivity contribution >= 4 is 85.6 Å². The monoisotopic (exact) mass is 896 g/mol. The van der Waals surface area contributed by atoms with Crippen molar-refractivity contribution in [2.24, 2.45) is 23.7 Å². The maximum absolute atomic E-state index is 5.23. The average Bonchev–Trinajstić information content (AvgIpc) is 2.93. The number of nitrogens with zero attached hydrogens (tertiary/aromatic N) is 2. The largest absolute Gasteiger partial charge is 2.00 e. The second kappa shape index (κ2) is 36.4. The van der Waals surface area contributed by atoms with Crippen LogP contribution in [0.15, 0.2) is 0 Å². The molecule has 2 radical (unpaired) electrons. The Labute approximate surface area is 326 Å². The van der Waals surface area contributed by atoms with E-state index in [9.17, 15) is 0 Å². The molecule has 0 aromatic carbocycles. The molecule has 0 heterocycles. The van der Waals surface area contributed by atoms with E-state index in [0.717, 1.165) is 49.9 Å². The van der Waals surface area contributed by atoms with Crippen molar-refractivity contribution < 1.29 is 0 Å². The Bertz CT molecular complexity index is 549. The Balaban J connectivity index is -0.000000767. The second-order valence-electron chi connectivity index (χ2n) is 14.9. The van der Waals surface area contributed by atoms with E-state index >= 15 is 0 Å². The van der Waals surface area contributed by atoms with Crippen molar-refractivity contribution in [3.63, 3.8) is 0 Å². The zero-order valence-corrected chi connectivity index (χ0v) is 38.5. The minimum Gasteiger partial charge on any atom is -0.411 e. The molecule has 0 aliphatic heterocycles. The van der Waals surface area contributed by atoms with E-state index in [1.807, 2.05) is 0 Å².